The van der Waals surface area contributed by atoms with Crippen LogP contribution in [0, 0.1) is 13.8 Å². The van der Waals surface area contributed by atoms with Gasteiger partial charge in [0.1, 0.15) is 6.04 Å². The summed E-state index contributed by atoms with van der Waals surface area (Å²) in [5.41, 5.74) is 2.47. The lowest BCUT2D eigenvalue weighted by molar-refractivity contribution is -0.133. The van der Waals surface area contributed by atoms with Gasteiger partial charge in [-0.1, -0.05) is 11.6 Å². The van der Waals surface area contributed by atoms with E-state index >= 15 is 0 Å². The third-order valence-corrected chi connectivity index (χ3v) is 4.94. The van der Waals surface area contributed by atoms with Crippen LogP contribution in [0.2, 0.25) is 5.02 Å². The molecule has 0 bridgehead atoms. The molecule has 0 aliphatic heterocycles. The van der Waals surface area contributed by atoms with Gasteiger partial charge in [-0.25, -0.2) is 0 Å². The van der Waals surface area contributed by atoms with Crippen LogP contribution in [0.3, 0.4) is 0 Å². The molecule has 0 aliphatic rings. The number of carbonyl (C=O) groups excluding carboxylic acids is 1. The molecule has 6 nitrogen and oxygen atoms in total. The molecule has 2 rings (SSSR count). The van der Waals surface area contributed by atoms with Gasteiger partial charge in [-0.15, -0.1) is 0 Å². The Morgan fingerprint density at radius 3 is 2.59 bits per heavy atom. The second-order valence-electron chi connectivity index (χ2n) is 5.36. The number of halogens is 2. The second-order valence-corrected chi connectivity index (χ2v) is 6.59. The molecule has 0 N–H and O–H groups in total. The highest BCUT2D eigenvalue weighted by Crippen LogP contribution is 2.24. The first-order chi connectivity index (χ1) is 10.2. The first-order valence-electron chi connectivity index (χ1n) is 6.86. The minimum atomic E-state index is -0.414. The predicted octanol–water partition coefficient (Wildman–Crippen LogP) is 2.87. The SMILES string of the molecule is Cc1nn(C(C)C(=O)N(C)Cc2c(Br)cnn2C)c(C)c1Cl. The zero-order chi connectivity index (χ0) is 16.6. The van der Waals surface area contributed by atoms with E-state index < -0.39 is 6.04 Å². The summed E-state index contributed by atoms with van der Waals surface area (Å²) in [5, 5.41) is 9.12. The lowest BCUT2D eigenvalue weighted by atomic mass is 10.2. The first-order valence-corrected chi connectivity index (χ1v) is 8.03. The number of likely N-dealkylation sites (N-methyl/N-ethyl adjacent to an activating group) is 1. The summed E-state index contributed by atoms with van der Waals surface area (Å²) in [4.78, 5) is 14.3. The third kappa shape index (κ3) is 3.05. The van der Waals surface area contributed by atoms with Gasteiger partial charge in [0.15, 0.2) is 0 Å². The third-order valence-electron chi connectivity index (χ3n) is 3.73. The molecule has 2 heterocycles. The van der Waals surface area contributed by atoms with Crippen LogP contribution in [0.25, 0.3) is 0 Å². The molecule has 0 fully saturated rings. The van der Waals surface area contributed by atoms with Gasteiger partial charge in [0.05, 0.1) is 39.3 Å². The molecule has 2 aromatic rings. The molecular weight excluding hydrogens is 370 g/mol. The molecular formula is C14H19BrClN5O. The maximum absolute atomic E-state index is 12.6. The van der Waals surface area contributed by atoms with Crippen molar-refractivity contribution in [2.75, 3.05) is 7.05 Å². The first kappa shape index (κ1) is 17.0. The molecule has 0 aliphatic carbocycles. The topological polar surface area (TPSA) is 56.0 Å². The van der Waals surface area contributed by atoms with Crippen LogP contribution in [-0.4, -0.2) is 37.4 Å². The van der Waals surface area contributed by atoms with Gasteiger partial charge >= 0.3 is 0 Å². The van der Waals surface area contributed by atoms with Crippen molar-refractivity contribution in [2.45, 2.75) is 33.4 Å². The normalized spacial score (nSPS) is 12.5. The van der Waals surface area contributed by atoms with Gasteiger partial charge in [0.25, 0.3) is 0 Å². The fourth-order valence-corrected chi connectivity index (χ4v) is 2.96. The Morgan fingerprint density at radius 1 is 1.50 bits per heavy atom. The minimum Gasteiger partial charge on any atom is -0.338 e. The van der Waals surface area contributed by atoms with Gasteiger partial charge in [-0.05, 0) is 36.7 Å². The zero-order valence-corrected chi connectivity index (χ0v) is 15.6. The fraction of sp³-hybridized carbons (Fsp3) is 0.500. The Labute approximate surface area is 143 Å². The number of aryl methyl sites for hydroxylation is 2. The van der Waals surface area contributed by atoms with E-state index in [9.17, 15) is 4.79 Å². The van der Waals surface area contributed by atoms with Gasteiger partial charge in [-0.2, -0.15) is 10.2 Å². The molecule has 1 atom stereocenters. The fourth-order valence-electron chi connectivity index (χ4n) is 2.36. The summed E-state index contributed by atoms with van der Waals surface area (Å²) in [7, 11) is 3.62. The number of amides is 1. The summed E-state index contributed by atoms with van der Waals surface area (Å²) in [5.74, 6) is -0.0321. The highest BCUT2D eigenvalue weighted by atomic mass is 79.9. The van der Waals surface area contributed by atoms with Crippen molar-refractivity contribution in [2.24, 2.45) is 7.05 Å². The Hall–Kier alpha value is -1.34. The number of nitrogens with zero attached hydrogens (tertiary/aromatic N) is 5. The molecule has 120 valence electrons. The average molecular weight is 389 g/mol. The van der Waals surface area contributed by atoms with E-state index in [0.717, 1.165) is 21.6 Å². The maximum Gasteiger partial charge on any atom is 0.247 e. The van der Waals surface area contributed by atoms with Gasteiger partial charge in [0.2, 0.25) is 5.91 Å². The largest absolute Gasteiger partial charge is 0.338 e. The Morgan fingerprint density at radius 2 is 2.14 bits per heavy atom. The van der Waals surface area contributed by atoms with Crippen molar-refractivity contribution >= 4 is 33.4 Å². The Kier molecular flexibility index (Phi) is 4.97. The van der Waals surface area contributed by atoms with E-state index in [1.807, 2.05) is 27.8 Å². The number of rotatable bonds is 4. The van der Waals surface area contributed by atoms with E-state index in [1.54, 1.807) is 27.5 Å². The molecule has 0 aromatic carbocycles. The van der Waals surface area contributed by atoms with Gasteiger partial charge < -0.3 is 4.90 Å². The molecule has 8 heteroatoms. The quantitative estimate of drug-likeness (QED) is 0.809. The maximum atomic E-state index is 12.6. The number of carbonyl (C=O) groups is 1. The smallest absolute Gasteiger partial charge is 0.247 e. The van der Waals surface area contributed by atoms with Crippen molar-refractivity contribution in [3.63, 3.8) is 0 Å². The van der Waals surface area contributed by atoms with Crippen molar-refractivity contribution in [1.82, 2.24) is 24.5 Å². The summed E-state index contributed by atoms with van der Waals surface area (Å²) >= 11 is 9.60. The van der Waals surface area contributed by atoms with Gasteiger partial charge in [-0.3, -0.25) is 14.2 Å². The van der Waals surface area contributed by atoms with Crippen LogP contribution in [0.4, 0.5) is 0 Å². The summed E-state index contributed by atoms with van der Waals surface area (Å²) < 4.78 is 4.31. The molecule has 1 amide bonds. The predicted molar refractivity (Wildman–Crippen MR) is 88.8 cm³/mol. The lowest BCUT2D eigenvalue weighted by Gasteiger charge is -2.22. The van der Waals surface area contributed by atoms with E-state index in [4.69, 9.17) is 11.6 Å². The standard InChI is InChI=1S/C14H19BrClN5O/c1-8-13(16)9(2)21(18-8)10(3)14(22)19(4)7-12-11(15)6-17-20(12)5/h6,10H,7H2,1-5H3. The van der Waals surface area contributed by atoms with E-state index in [1.165, 1.54) is 0 Å². The molecule has 1 unspecified atom stereocenters. The van der Waals surface area contributed by atoms with Crippen molar-refractivity contribution in [1.29, 1.82) is 0 Å². The second kappa shape index (κ2) is 6.42. The summed E-state index contributed by atoms with van der Waals surface area (Å²) in [6.45, 7) is 5.99. The van der Waals surface area contributed by atoms with Crippen LogP contribution in [0.15, 0.2) is 10.7 Å². The van der Waals surface area contributed by atoms with Crippen molar-refractivity contribution in [3.05, 3.63) is 32.8 Å². The van der Waals surface area contributed by atoms with Crippen LogP contribution >= 0.6 is 27.5 Å². The molecule has 0 saturated heterocycles. The molecule has 2 aromatic heterocycles. The average Bonchev–Trinajstić information content (AvgIpc) is 2.93. The van der Waals surface area contributed by atoms with Crippen LogP contribution in [-0.2, 0) is 18.4 Å². The van der Waals surface area contributed by atoms with Gasteiger partial charge in [0, 0.05) is 14.1 Å². The summed E-state index contributed by atoms with van der Waals surface area (Å²) in [6.07, 6.45) is 1.72. The van der Waals surface area contributed by atoms with E-state index in [2.05, 4.69) is 26.1 Å². The molecule has 0 saturated carbocycles. The Balaban J connectivity index is 2.18. The van der Waals surface area contributed by atoms with Crippen molar-refractivity contribution in [3.8, 4) is 0 Å². The zero-order valence-electron chi connectivity index (χ0n) is 13.3. The van der Waals surface area contributed by atoms with Crippen LogP contribution in [0.5, 0.6) is 0 Å². The number of hydrogen-bond acceptors (Lipinski definition) is 3. The molecule has 0 radical (unpaired) electrons. The van der Waals surface area contributed by atoms with Crippen LogP contribution < -0.4 is 0 Å². The molecule has 0 spiro atoms. The lowest BCUT2D eigenvalue weighted by Crippen LogP contribution is -2.34. The number of aromatic nitrogens is 4. The summed E-state index contributed by atoms with van der Waals surface area (Å²) in [6, 6.07) is -0.414. The minimum absolute atomic E-state index is 0.0321. The number of hydrogen-bond donors (Lipinski definition) is 0. The highest BCUT2D eigenvalue weighted by molar-refractivity contribution is 9.10. The highest BCUT2D eigenvalue weighted by Gasteiger charge is 2.24. The molecule has 22 heavy (non-hydrogen) atoms. The van der Waals surface area contributed by atoms with Crippen molar-refractivity contribution < 1.29 is 4.79 Å². The van der Waals surface area contributed by atoms with E-state index in [0.29, 0.717) is 11.6 Å². The van der Waals surface area contributed by atoms with Crippen LogP contribution in [0.1, 0.15) is 30.0 Å². The Bertz CT molecular complexity index is 689. The monoisotopic (exact) mass is 387 g/mol. The van der Waals surface area contributed by atoms with E-state index in [-0.39, 0.29) is 5.91 Å².